The van der Waals surface area contributed by atoms with Crippen molar-refractivity contribution in [3.8, 4) is 10.4 Å². The molecule has 1 aromatic heterocycles. The maximum Gasteiger partial charge on any atom is 0.155 e. The van der Waals surface area contributed by atoms with Gasteiger partial charge in [-0.05, 0) is 13.8 Å². The zero-order chi connectivity index (χ0) is 13.4. The van der Waals surface area contributed by atoms with E-state index in [2.05, 4.69) is 12.1 Å². The van der Waals surface area contributed by atoms with E-state index < -0.39 is 0 Å². The van der Waals surface area contributed by atoms with Gasteiger partial charge in [-0.2, -0.15) is 29.1 Å². The molecule has 1 heterocycles. The van der Waals surface area contributed by atoms with Gasteiger partial charge in [-0.1, -0.05) is 0 Å². The summed E-state index contributed by atoms with van der Waals surface area (Å²) in [5.41, 5.74) is 1.13. The third-order valence-electron chi connectivity index (χ3n) is 1.83. The van der Waals surface area contributed by atoms with E-state index in [1.54, 1.807) is 11.3 Å². The molecule has 0 saturated heterocycles. The average molecular weight is 451 g/mol. The molecule has 19 heavy (non-hydrogen) atoms. The molecule has 0 aliphatic heterocycles. The van der Waals surface area contributed by atoms with Crippen molar-refractivity contribution in [3.05, 3.63) is 59.7 Å². The maximum atomic E-state index is 10.0. The second-order valence-corrected chi connectivity index (χ2v) is 4.48. The van der Waals surface area contributed by atoms with Crippen molar-refractivity contribution in [3.63, 3.8) is 0 Å². The Morgan fingerprint density at radius 2 is 2.00 bits per heavy atom. The van der Waals surface area contributed by atoms with Gasteiger partial charge in [0.1, 0.15) is 0 Å². The van der Waals surface area contributed by atoms with Gasteiger partial charge in [0.05, 0.1) is 5.76 Å². The molecule has 0 saturated carbocycles. The Bertz CT molecular complexity index is 500. The van der Waals surface area contributed by atoms with Crippen molar-refractivity contribution in [1.82, 2.24) is 0 Å². The van der Waals surface area contributed by atoms with Crippen LogP contribution in [0.2, 0.25) is 0 Å². The molecule has 0 aliphatic rings. The fourth-order valence-corrected chi connectivity index (χ4v) is 1.88. The van der Waals surface area contributed by atoms with Crippen LogP contribution < -0.4 is 0 Å². The van der Waals surface area contributed by atoms with Crippen LogP contribution in [-0.2, 0) is 24.9 Å². The Kier molecular flexibility index (Phi) is 9.05. The smallest absolute Gasteiger partial charge is 0.155 e. The summed E-state index contributed by atoms with van der Waals surface area (Å²) in [5.74, 6) is -0.0625. The molecule has 0 atom stereocenters. The maximum absolute atomic E-state index is 10.0. The van der Waals surface area contributed by atoms with Crippen molar-refractivity contribution in [1.29, 1.82) is 0 Å². The number of hydrogen-bond donors (Lipinski definition) is 1. The van der Waals surface area contributed by atoms with Crippen LogP contribution in [0.15, 0.2) is 47.5 Å². The first kappa shape index (κ1) is 17.8. The van der Waals surface area contributed by atoms with Gasteiger partial charge in [-0.25, -0.2) is 17.7 Å². The van der Waals surface area contributed by atoms with Crippen molar-refractivity contribution in [2.24, 2.45) is 0 Å². The molecule has 0 bridgehead atoms. The molecule has 0 aliphatic carbocycles. The minimum atomic E-state index is -0.125. The van der Waals surface area contributed by atoms with E-state index in [0.29, 0.717) is 0 Å². The van der Waals surface area contributed by atoms with E-state index in [9.17, 15) is 4.79 Å². The van der Waals surface area contributed by atoms with E-state index in [-0.39, 0.29) is 31.6 Å². The molecule has 103 valence electrons. The van der Waals surface area contributed by atoms with Gasteiger partial charge in [-0.15, -0.1) is 11.4 Å². The molecule has 0 spiro atoms. The minimum Gasteiger partial charge on any atom is -0.512 e. The second kappa shape index (κ2) is 9.68. The van der Waals surface area contributed by atoms with Crippen LogP contribution in [-0.4, -0.2) is 10.9 Å². The quantitative estimate of drug-likeness (QED) is 0.426. The van der Waals surface area contributed by atoms with Gasteiger partial charge in [-0.3, -0.25) is 16.1 Å². The fourth-order valence-electron chi connectivity index (χ4n) is 1.22. The summed E-state index contributed by atoms with van der Waals surface area (Å²) in [4.78, 5) is 11.2. The average Bonchev–Trinajstić information content (AvgIpc) is 2.82. The summed E-state index contributed by atoms with van der Waals surface area (Å²) < 4.78 is 0. The van der Waals surface area contributed by atoms with Crippen LogP contribution in [0, 0.1) is 12.1 Å². The van der Waals surface area contributed by atoms with Crippen molar-refractivity contribution < 1.29 is 30.0 Å². The van der Waals surface area contributed by atoms with Gasteiger partial charge in [0.25, 0.3) is 0 Å². The van der Waals surface area contributed by atoms with Gasteiger partial charge in [0.2, 0.25) is 0 Å². The normalized spacial score (nSPS) is 9.89. The molecule has 0 unspecified atom stereocenters. The second-order valence-electron chi connectivity index (χ2n) is 3.57. The van der Waals surface area contributed by atoms with Crippen LogP contribution in [0.1, 0.15) is 13.8 Å². The Morgan fingerprint density at radius 1 is 1.26 bits per heavy atom. The fraction of sp³-hybridized carbons (Fsp3) is 0.133. The largest absolute Gasteiger partial charge is 0.512 e. The summed E-state index contributed by atoms with van der Waals surface area (Å²) in [5, 5.41) is 10.4. The number of carbonyl (C=O) groups is 1. The van der Waals surface area contributed by atoms with Gasteiger partial charge >= 0.3 is 0 Å². The van der Waals surface area contributed by atoms with Crippen LogP contribution in [0.25, 0.3) is 10.4 Å². The van der Waals surface area contributed by atoms with E-state index in [1.165, 1.54) is 19.9 Å². The minimum absolute atomic E-state index is 0. The number of benzene rings is 1. The predicted octanol–water partition coefficient (Wildman–Crippen LogP) is 4.05. The molecule has 0 fully saturated rings. The first-order valence-corrected chi connectivity index (χ1v) is 6.27. The topological polar surface area (TPSA) is 37.3 Å². The van der Waals surface area contributed by atoms with Gasteiger partial charge in [0.15, 0.2) is 5.78 Å². The molecule has 2 aromatic rings. The Balaban J connectivity index is 0.000000360. The molecule has 1 radical (unpaired) electrons. The molecule has 1 N–H and O–H groups in total. The van der Waals surface area contributed by atoms with E-state index >= 15 is 0 Å². The van der Waals surface area contributed by atoms with E-state index in [4.69, 9.17) is 5.11 Å². The van der Waals surface area contributed by atoms with Crippen LogP contribution in [0.4, 0.5) is 0 Å². The molecule has 1 aromatic carbocycles. The van der Waals surface area contributed by atoms with Crippen LogP contribution in [0.3, 0.4) is 0 Å². The summed E-state index contributed by atoms with van der Waals surface area (Å²) >= 11 is 1.69. The van der Waals surface area contributed by atoms with E-state index in [1.807, 2.05) is 35.7 Å². The van der Waals surface area contributed by atoms with Crippen molar-refractivity contribution in [2.75, 3.05) is 0 Å². The SMILES string of the molecule is CC(=O)/C=C(/C)O.[Ir].[c-]1ccccc1-c1[c-]ccs1. The van der Waals surface area contributed by atoms with Crippen LogP contribution >= 0.6 is 11.3 Å². The third-order valence-corrected chi connectivity index (χ3v) is 2.68. The molecular weight excluding hydrogens is 436 g/mol. The van der Waals surface area contributed by atoms with Crippen molar-refractivity contribution >= 4 is 17.1 Å². The zero-order valence-electron chi connectivity index (χ0n) is 10.6. The zero-order valence-corrected chi connectivity index (χ0v) is 13.9. The Labute approximate surface area is 131 Å². The third kappa shape index (κ3) is 7.73. The number of thiophene rings is 1. The van der Waals surface area contributed by atoms with Crippen molar-refractivity contribution in [2.45, 2.75) is 13.8 Å². The number of rotatable bonds is 2. The molecule has 2 nitrogen and oxygen atoms in total. The monoisotopic (exact) mass is 451 g/mol. The summed E-state index contributed by atoms with van der Waals surface area (Å²) in [6.07, 6.45) is 1.17. The first-order valence-electron chi connectivity index (χ1n) is 5.39. The number of aliphatic hydroxyl groups excluding tert-OH is 1. The molecular formula is C15H14IrO2S-2. The van der Waals surface area contributed by atoms with E-state index in [0.717, 1.165) is 10.4 Å². The summed E-state index contributed by atoms with van der Waals surface area (Å²) in [6.45, 7) is 2.85. The van der Waals surface area contributed by atoms with Crippen LogP contribution in [0.5, 0.6) is 0 Å². The Morgan fingerprint density at radius 3 is 2.37 bits per heavy atom. The number of carbonyl (C=O) groups excluding carboxylic acids is 1. The summed E-state index contributed by atoms with van der Waals surface area (Å²) in [7, 11) is 0. The predicted molar refractivity (Wildman–Crippen MR) is 74.5 cm³/mol. The summed E-state index contributed by atoms with van der Waals surface area (Å²) in [6, 6.07) is 16.2. The van der Waals surface area contributed by atoms with Gasteiger partial charge < -0.3 is 5.11 Å². The number of ketones is 1. The first-order chi connectivity index (χ1) is 8.59. The number of aliphatic hydroxyl groups is 1. The molecule has 4 heteroatoms. The standard InChI is InChI=1S/C10H6S.C5H8O2.Ir/c1-2-5-9(6-3-1)10-7-4-8-11-10;1-4(6)3-5(2)7;/h1-5,8H;3,6H,1-2H3;/q-2;;/b;4-3-;. The number of hydrogen-bond acceptors (Lipinski definition) is 3. The number of allylic oxidation sites excluding steroid dienone is 2. The Hall–Kier alpha value is -1.22. The molecule has 2 rings (SSSR count). The van der Waals surface area contributed by atoms with Gasteiger partial charge in [0, 0.05) is 26.2 Å². The molecule has 0 amide bonds.